The molecule has 0 amide bonds. The van der Waals surface area contributed by atoms with Gasteiger partial charge in [0, 0.05) is 20.1 Å². The summed E-state index contributed by atoms with van der Waals surface area (Å²) in [4.78, 5) is 0. The molecule has 1 aromatic rings. The number of hydrogen-bond acceptors (Lipinski definition) is 4. The molecule has 0 aliphatic rings. The number of aliphatic hydroxyl groups excluding tert-OH is 1. The average molecular weight is 291 g/mol. The van der Waals surface area contributed by atoms with Gasteiger partial charge in [0.1, 0.15) is 0 Å². The van der Waals surface area contributed by atoms with Crippen LogP contribution >= 0.6 is 11.6 Å². The number of nitrogens with zero attached hydrogens (tertiary/aromatic N) is 2. The second kappa shape index (κ2) is 8.53. The Morgan fingerprint density at radius 1 is 1.37 bits per heavy atom. The van der Waals surface area contributed by atoms with E-state index < -0.39 is 6.10 Å². The smallest absolute Gasteiger partial charge is 0.0850 e. The van der Waals surface area contributed by atoms with E-state index in [1.807, 2.05) is 18.5 Å². The van der Waals surface area contributed by atoms with Crippen molar-refractivity contribution in [2.45, 2.75) is 39.3 Å². The predicted molar refractivity (Wildman–Crippen MR) is 74.7 cm³/mol. The van der Waals surface area contributed by atoms with E-state index in [1.54, 1.807) is 7.11 Å². The normalized spacial score (nSPS) is 12.9. The first-order valence-corrected chi connectivity index (χ1v) is 7.00. The third kappa shape index (κ3) is 4.76. The molecule has 0 aromatic carbocycles. The second-order valence-corrected chi connectivity index (χ2v) is 4.68. The molecule has 1 unspecified atom stereocenters. The van der Waals surface area contributed by atoms with Crippen molar-refractivity contribution >= 4 is 11.6 Å². The summed E-state index contributed by atoms with van der Waals surface area (Å²) in [5.41, 5.74) is 1.76. The van der Waals surface area contributed by atoms with Gasteiger partial charge in [0.15, 0.2) is 0 Å². The highest BCUT2D eigenvalue weighted by Gasteiger charge is 2.17. The van der Waals surface area contributed by atoms with Crippen molar-refractivity contribution in [1.29, 1.82) is 0 Å². The van der Waals surface area contributed by atoms with Crippen LogP contribution in [0, 0.1) is 0 Å². The fourth-order valence-electron chi connectivity index (χ4n) is 1.86. The Kier molecular flexibility index (Phi) is 7.38. The molecule has 1 N–H and O–H groups in total. The zero-order valence-electron chi connectivity index (χ0n) is 11.9. The second-order valence-electron chi connectivity index (χ2n) is 4.30. The molecule has 0 fully saturated rings. The lowest BCUT2D eigenvalue weighted by Crippen LogP contribution is -2.21. The lowest BCUT2D eigenvalue weighted by molar-refractivity contribution is 0.0130. The standard InChI is InChI=1S/C13H23ClN2O3/c1-4-11-13(14)12(16(5-2)15-11)8-10(17)9-19-7-6-18-3/h10,17H,4-9H2,1-3H3. The summed E-state index contributed by atoms with van der Waals surface area (Å²) in [6.45, 7) is 6.05. The van der Waals surface area contributed by atoms with Gasteiger partial charge in [-0.2, -0.15) is 5.10 Å². The molecular weight excluding hydrogens is 268 g/mol. The molecule has 1 atom stereocenters. The Hall–Kier alpha value is -0.620. The molecule has 110 valence electrons. The highest BCUT2D eigenvalue weighted by atomic mass is 35.5. The zero-order chi connectivity index (χ0) is 14.3. The SMILES string of the molecule is CCc1nn(CC)c(CC(O)COCCOC)c1Cl. The van der Waals surface area contributed by atoms with Gasteiger partial charge in [0.05, 0.1) is 42.3 Å². The highest BCUT2D eigenvalue weighted by Crippen LogP contribution is 2.22. The Balaban J connectivity index is 2.57. The molecule has 1 heterocycles. The molecule has 0 radical (unpaired) electrons. The molecule has 5 nitrogen and oxygen atoms in total. The summed E-state index contributed by atoms with van der Waals surface area (Å²) in [6.07, 6.45) is 0.660. The molecule has 0 aliphatic carbocycles. The number of rotatable bonds is 9. The van der Waals surface area contributed by atoms with Gasteiger partial charge in [-0.25, -0.2) is 0 Å². The Morgan fingerprint density at radius 3 is 2.68 bits per heavy atom. The van der Waals surface area contributed by atoms with Crippen LogP contribution in [-0.4, -0.2) is 47.9 Å². The van der Waals surface area contributed by atoms with E-state index >= 15 is 0 Å². The highest BCUT2D eigenvalue weighted by molar-refractivity contribution is 6.31. The Labute approximate surface area is 119 Å². The number of hydrogen-bond donors (Lipinski definition) is 1. The maximum atomic E-state index is 9.96. The maximum absolute atomic E-state index is 9.96. The molecule has 19 heavy (non-hydrogen) atoms. The topological polar surface area (TPSA) is 56.5 Å². The van der Waals surface area contributed by atoms with Crippen LogP contribution in [0.3, 0.4) is 0 Å². The number of methoxy groups -OCH3 is 1. The summed E-state index contributed by atoms with van der Waals surface area (Å²) in [5, 5.41) is 15.1. The minimum absolute atomic E-state index is 0.274. The van der Waals surface area contributed by atoms with Gasteiger partial charge in [-0.3, -0.25) is 4.68 Å². The maximum Gasteiger partial charge on any atom is 0.0850 e. The number of ether oxygens (including phenoxy) is 2. The van der Waals surface area contributed by atoms with Crippen LogP contribution in [0.2, 0.25) is 5.02 Å². The minimum atomic E-state index is -0.582. The zero-order valence-corrected chi connectivity index (χ0v) is 12.6. The van der Waals surface area contributed by atoms with Gasteiger partial charge in [-0.15, -0.1) is 0 Å². The lowest BCUT2D eigenvalue weighted by atomic mass is 10.2. The number of aryl methyl sites for hydroxylation is 2. The van der Waals surface area contributed by atoms with Crippen LogP contribution in [0.5, 0.6) is 0 Å². The third-order valence-corrected chi connectivity index (χ3v) is 3.30. The van der Waals surface area contributed by atoms with E-state index in [0.29, 0.717) is 24.7 Å². The molecule has 0 saturated carbocycles. The monoisotopic (exact) mass is 290 g/mol. The lowest BCUT2D eigenvalue weighted by Gasteiger charge is -2.12. The van der Waals surface area contributed by atoms with Crippen molar-refractivity contribution in [3.63, 3.8) is 0 Å². The molecule has 0 aliphatic heterocycles. The van der Waals surface area contributed by atoms with Gasteiger partial charge in [0.2, 0.25) is 0 Å². The summed E-state index contributed by atoms with van der Waals surface area (Å²) in [7, 11) is 1.62. The van der Waals surface area contributed by atoms with E-state index in [4.69, 9.17) is 21.1 Å². The molecule has 1 aromatic heterocycles. The van der Waals surface area contributed by atoms with Crippen molar-refractivity contribution in [2.75, 3.05) is 26.9 Å². The van der Waals surface area contributed by atoms with Crippen LogP contribution in [-0.2, 0) is 28.9 Å². The van der Waals surface area contributed by atoms with Crippen molar-refractivity contribution in [2.24, 2.45) is 0 Å². The first-order chi connectivity index (χ1) is 9.13. The van der Waals surface area contributed by atoms with Crippen molar-refractivity contribution in [3.8, 4) is 0 Å². The predicted octanol–water partition coefficient (Wildman–Crippen LogP) is 1.69. The quantitative estimate of drug-likeness (QED) is 0.703. The first-order valence-electron chi connectivity index (χ1n) is 6.62. The third-order valence-electron chi connectivity index (χ3n) is 2.87. The summed E-state index contributed by atoms with van der Waals surface area (Å²) >= 11 is 6.28. The molecule has 0 bridgehead atoms. The van der Waals surface area contributed by atoms with Crippen LogP contribution < -0.4 is 0 Å². The van der Waals surface area contributed by atoms with Crippen molar-refractivity contribution in [1.82, 2.24) is 9.78 Å². The fourth-order valence-corrected chi connectivity index (χ4v) is 2.20. The van der Waals surface area contributed by atoms with Crippen LogP contribution in [0.4, 0.5) is 0 Å². The van der Waals surface area contributed by atoms with Gasteiger partial charge < -0.3 is 14.6 Å². The first kappa shape index (κ1) is 16.4. The van der Waals surface area contributed by atoms with Crippen molar-refractivity contribution in [3.05, 3.63) is 16.4 Å². The van der Waals surface area contributed by atoms with Gasteiger partial charge in [-0.1, -0.05) is 18.5 Å². The summed E-state index contributed by atoms with van der Waals surface area (Å²) < 4.78 is 12.0. The van der Waals surface area contributed by atoms with Gasteiger partial charge >= 0.3 is 0 Å². The van der Waals surface area contributed by atoms with E-state index in [2.05, 4.69) is 5.10 Å². The molecular formula is C13H23ClN2O3. The minimum Gasteiger partial charge on any atom is -0.390 e. The van der Waals surface area contributed by atoms with Crippen LogP contribution in [0.15, 0.2) is 0 Å². The average Bonchev–Trinajstić information content (AvgIpc) is 2.71. The Bertz CT molecular complexity index is 382. The molecule has 1 rings (SSSR count). The Morgan fingerprint density at radius 2 is 2.11 bits per heavy atom. The number of halogens is 1. The molecule has 0 spiro atoms. The molecule has 6 heteroatoms. The van der Waals surface area contributed by atoms with E-state index in [-0.39, 0.29) is 6.61 Å². The van der Waals surface area contributed by atoms with Crippen LogP contribution in [0.1, 0.15) is 25.2 Å². The van der Waals surface area contributed by atoms with Crippen LogP contribution in [0.25, 0.3) is 0 Å². The summed E-state index contributed by atoms with van der Waals surface area (Å²) in [5.74, 6) is 0. The largest absolute Gasteiger partial charge is 0.390 e. The van der Waals surface area contributed by atoms with Gasteiger partial charge in [-0.05, 0) is 13.3 Å². The van der Waals surface area contributed by atoms with E-state index in [9.17, 15) is 5.11 Å². The fraction of sp³-hybridized carbons (Fsp3) is 0.769. The number of aliphatic hydroxyl groups is 1. The summed E-state index contributed by atoms with van der Waals surface area (Å²) in [6, 6.07) is 0. The van der Waals surface area contributed by atoms with E-state index in [1.165, 1.54) is 0 Å². The van der Waals surface area contributed by atoms with E-state index in [0.717, 1.165) is 24.4 Å². The molecule has 0 saturated heterocycles. The van der Waals surface area contributed by atoms with Gasteiger partial charge in [0.25, 0.3) is 0 Å². The van der Waals surface area contributed by atoms with Crippen molar-refractivity contribution < 1.29 is 14.6 Å². The number of aromatic nitrogens is 2.